The second kappa shape index (κ2) is 8.15. The molecule has 0 fully saturated rings. The number of hydrogen-bond donors (Lipinski definition) is 4. The van der Waals surface area contributed by atoms with E-state index in [1.165, 1.54) is 49.9 Å². The lowest BCUT2D eigenvalue weighted by Gasteiger charge is -2.11. The normalized spacial score (nSPS) is 11.2. The summed E-state index contributed by atoms with van der Waals surface area (Å²) in [7, 11) is -2.37. The van der Waals surface area contributed by atoms with Crippen molar-refractivity contribution in [2.24, 2.45) is 0 Å². The molecular weight excluding hydrogens is 427 g/mol. The first kappa shape index (κ1) is 20.1. The standard InChI is InChI=1S/C16H14Cl2N6O3S/c1-19-28(26,27)10-2-3-13(25)12(5-10)23-14-6-15(22-8-21-14)24-16-11(18)4-9(17)7-20-16/h2-8,19,25H,1H3,(H2,20,21,22,23,24). The molecule has 0 aliphatic carbocycles. The van der Waals surface area contributed by atoms with Gasteiger partial charge in [0.25, 0.3) is 0 Å². The van der Waals surface area contributed by atoms with Crippen LogP contribution in [0.5, 0.6) is 5.75 Å². The molecule has 0 radical (unpaired) electrons. The first-order valence-electron chi connectivity index (χ1n) is 7.72. The Kier molecular flexibility index (Phi) is 5.84. The SMILES string of the molecule is CNS(=O)(=O)c1ccc(O)c(Nc2cc(Nc3ncc(Cl)cc3Cl)ncn2)c1. The molecule has 12 heteroatoms. The third-order valence-electron chi connectivity index (χ3n) is 3.53. The summed E-state index contributed by atoms with van der Waals surface area (Å²) in [6, 6.07) is 6.90. The van der Waals surface area contributed by atoms with Crippen molar-refractivity contribution in [2.45, 2.75) is 4.90 Å². The van der Waals surface area contributed by atoms with Crippen LogP contribution in [-0.4, -0.2) is 35.5 Å². The number of aromatic hydroxyl groups is 1. The molecule has 4 N–H and O–H groups in total. The maximum Gasteiger partial charge on any atom is 0.240 e. The Bertz CT molecular complexity index is 1130. The Labute approximate surface area is 170 Å². The van der Waals surface area contributed by atoms with Gasteiger partial charge >= 0.3 is 0 Å². The van der Waals surface area contributed by atoms with Crippen molar-refractivity contribution < 1.29 is 13.5 Å². The highest BCUT2D eigenvalue weighted by atomic mass is 35.5. The summed E-state index contributed by atoms with van der Waals surface area (Å²) in [5.41, 5.74) is 0.156. The largest absolute Gasteiger partial charge is 0.506 e. The molecule has 0 atom stereocenters. The minimum atomic E-state index is -3.67. The molecule has 0 saturated carbocycles. The fourth-order valence-corrected chi connectivity index (χ4v) is 3.34. The van der Waals surface area contributed by atoms with Crippen LogP contribution in [0.3, 0.4) is 0 Å². The number of hydrogen-bond acceptors (Lipinski definition) is 8. The molecule has 3 aromatic rings. The van der Waals surface area contributed by atoms with Gasteiger partial charge in [0, 0.05) is 12.3 Å². The zero-order valence-corrected chi connectivity index (χ0v) is 16.6. The van der Waals surface area contributed by atoms with E-state index in [2.05, 4.69) is 30.3 Å². The number of aromatic nitrogens is 3. The summed E-state index contributed by atoms with van der Waals surface area (Å²) in [4.78, 5) is 12.2. The highest BCUT2D eigenvalue weighted by Gasteiger charge is 2.14. The maximum atomic E-state index is 11.9. The molecule has 0 spiro atoms. The van der Waals surface area contributed by atoms with Crippen molar-refractivity contribution in [2.75, 3.05) is 17.7 Å². The zero-order valence-electron chi connectivity index (χ0n) is 14.3. The smallest absolute Gasteiger partial charge is 0.240 e. The highest BCUT2D eigenvalue weighted by Crippen LogP contribution is 2.30. The Balaban J connectivity index is 1.86. The van der Waals surface area contributed by atoms with E-state index in [-0.39, 0.29) is 16.3 Å². The number of nitrogens with zero attached hydrogens (tertiary/aromatic N) is 3. The van der Waals surface area contributed by atoms with Crippen LogP contribution in [0.2, 0.25) is 10.0 Å². The predicted octanol–water partition coefficient (Wildman–Crippen LogP) is 3.28. The lowest BCUT2D eigenvalue weighted by molar-refractivity contribution is 0.477. The fourth-order valence-electron chi connectivity index (χ4n) is 2.16. The van der Waals surface area contributed by atoms with E-state index in [1.807, 2.05) is 0 Å². The maximum absolute atomic E-state index is 11.9. The molecule has 2 heterocycles. The van der Waals surface area contributed by atoms with Gasteiger partial charge in [0.1, 0.15) is 29.5 Å². The number of benzene rings is 1. The molecule has 3 rings (SSSR count). The number of rotatable bonds is 6. The Morgan fingerprint density at radius 2 is 1.71 bits per heavy atom. The van der Waals surface area contributed by atoms with Gasteiger partial charge in [-0.3, -0.25) is 0 Å². The van der Waals surface area contributed by atoms with Gasteiger partial charge in [0.2, 0.25) is 10.0 Å². The van der Waals surface area contributed by atoms with Gasteiger partial charge in [-0.25, -0.2) is 28.1 Å². The zero-order chi connectivity index (χ0) is 20.3. The molecule has 1 aromatic carbocycles. The van der Waals surface area contributed by atoms with Gasteiger partial charge < -0.3 is 15.7 Å². The number of anilines is 4. The van der Waals surface area contributed by atoms with Crippen LogP contribution in [0.4, 0.5) is 23.1 Å². The molecule has 146 valence electrons. The molecule has 0 unspecified atom stereocenters. The van der Waals surface area contributed by atoms with E-state index in [0.29, 0.717) is 27.5 Å². The van der Waals surface area contributed by atoms with Crippen molar-refractivity contribution >= 4 is 56.4 Å². The summed E-state index contributed by atoms with van der Waals surface area (Å²) < 4.78 is 26.1. The van der Waals surface area contributed by atoms with Crippen LogP contribution in [0.15, 0.2) is 47.8 Å². The quantitative estimate of drug-likeness (QED) is 0.429. The Morgan fingerprint density at radius 1 is 1.00 bits per heavy atom. The van der Waals surface area contributed by atoms with Crippen LogP contribution < -0.4 is 15.4 Å². The molecule has 0 amide bonds. The lowest BCUT2D eigenvalue weighted by Crippen LogP contribution is -2.18. The number of phenolic OH excluding ortho intramolecular Hbond substituents is 1. The average Bonchev–Trinajstić information content (AvgIpc) is 2.66. The first-order valence-corrected chi connectivity index (χ1v) is 9.96. The van der Waals surface area contributed by atoms with Crippen LogP contribution in [-0.2, 0) is 10.0 Å². The van der Waals surface area contributed by atoms with Crippen LogP contribution in [0, 0.1) is 0 Å². The van der Waals surface area contributed by atoms with Gasteiger partial charge in [-0.1, -0.05) is 23.2 Å². The molecular formula is C16H14Cl2N6O3S. The summed E-state index contributed by atoms with van der Waals surface area (Å²) in [5.74, 6) is 0.871. The van der Waals surface area contributed by atoms with Crippen molar-refractivity contribution in [1.82, 2.24) is 19.7 Å². The fraction of sp³-hybridized carbons (Fsp3) is 0.0625. The molecule has 0 aliphatic rings. The Hall–Kier alpha value is -2.66. The van der Waals surface area contributed by atoms with Crippen molar-refractivity contribution in [3.05, 3.63) is 52.9 Å². The Morgan fingerprint density at radius 3 is 2.39 bits per heavy atom. The molecule has 0 aliphatic heterocycles. The summed E-state index contributed by atoms with van der Waals surface area (Å²) >= 11 is 11.9. The van der Waals surface area contributed by atoms with Gasteiger partial charge in [-0.05, 0) is 31.3 Å². The van der Waals surface area contributed by atoms with Crippen LogP contribution in [0.25, 0.3) is 0 Å². The lowest BCUT2D eigenvalue weighted by atomic mass is 10.3. The van der Waals surface area contributed by atoms with E-state index < -0.39 is 10.0 Å². The van der Waals surface area contributed by atoms with E-state index in [0.717, 1.165) is 0 Å². The third kappa shape index (κ3) is 4.60. The van der Waals surface area contributed by atoms with Gasteiger partial charge in [0.15, 0.2) is 0 Å². The second-order valence-electron chi connectivity index (χ2n) is 5.41. The molecule has 28 heavy (non-hydrogen) atoms. The third-order valence-corrected chi connectivity index (χ3v) is 5.44. The molecule has 9 nitrogen and oxygen atoms in total. The van der Waals surface area contributed by atoms with Crippen molar-refractivity contribution in [3.63, 3.8) is 0 Å². The van der Waals surface area contributed by atoms with Gasteiger partial charge in [-0.2, -0.15) is 0 Å². The summed E-state index contributed by atoms with van der Waals surface area (Å²) in [6.45, 7) is 0. The second-order valence-corrected chi connectivity index (χ2v) is 8.14. The van der Waals surface area contributed by atoms with Crippen molar-refractivity contribution in [3.8, 4) is 5.75 Å². The van der Waals surface area contributed by atoms with E-state index in [9.17, 15) is 13.5 Å². The van der Waals surface area contributed by atoms with E-state index in [4.69, 9.17) is 23.2 Å². The monoisotopic (exact) mass is 440 g/mol. The van der Waals surface area contributed by atoms with Gasteiger partial charge in [0.05, 0.1) is 20.6 Å². The topological polar surface area (TPSA) is 129 Å². The number of sulfonamides is 1. The number of pyridine rings is 1. The molecule has 2 aromatic heterocycles. The molecule has 0 saturated heterocycles. The van der Waals surface area contributed by atoms with Crippen LogP contribution in [0.1, 0.15) is 0 Å². The average molecular weight is 441 g/mol. The minimum Gasteiger partial charge on any atom is -0.506 e. The summed E-state index contributed by atoms with van der Waals surface area (Å²) in [6.07, 6.45) is 2.71. The molecule has 0 bridgehead atoms. The van der Waals surface area contributed by atoms with E-state index >= 15 is 0 Å². The van der Waals surface area contributed by atoms with Gasteiger partial charge in [-0.15, -0.1) is 0 Å². The number of nitrogens with one attached hydrogen (secondary N) is 3. The first-order chi connectivity index (χ1) is 13.3. The van der Waals surface area contributed by atoms with Crippen LogP contribution >= 0.6 is 23.2 Å². The highest BCUT2D eigenvalue weighted by molar-refractivity contribution is 7.89. The summed E-state index contributed by atoms with van der Waals surface area (Å²) in [5, 5.41) is 16.5. The van der Waals surface area contributed by atoms with Crippen molar-refractivity contribution in [1.29, 1.82) is 0 Å². The van der Waals surface area contributed by atoms with E-state index in [1.54, 1.807) is 0 Å². The predicted molar refractivity (Wildman–Crippen MR) is 107 cm³/mol. The number of halogens is 2. The minimum absolute atomic E-state index is 0.0140. The number of phenols is 1.